The Bertz CT molecular complexity index is 1490. The molecule has 2 saturated heterocycles. The molecule has 0 saturated carbocycles. The molecule has 1 aromatic carbocycles. The molecule has 4 aromatic rings. The number of aromatic nitrogens is 4. The first-order valence-corrected chi connectivity index (χ1v) is 13.7. The molecule has 5 heterocycles. The molecule has 2 unspecified atom stereocenters. The monoisotopic (exact) mass is 571 g/mol. The van der Waals surface area contributed by atoms with Gasteiger partial charge < -0.3 is 20.9 Å². The average Bonchev–Trinajstić information content (AvgIpc) is 2.93. The van der Waals surface area contributed by atoms with Gasteiger partial charge in [0.2, 0.25) is 0 Å². The van der Waals surface area contributed by atoms with Crippen molar-refractivity contribution in [2.45, 2.75) is 18.9 Å². The van der Waals surface area contributed by atoms with Gasteiger partial charge >= 0.3 is 0 Å². The van der Waals surface area contributed by atoms with E-state index in [4.69, 9.17) is 21.1 Å². The van der Waals surface area contributed by atoms with Crippen LogP contribution in [0.4, 0.5) is 11.6 Å². The molecule has 3 aromatic heterocycles. The Balaban J connectivity index is 1.28. The highest BCUT2D eigenvalue weighted by Gasteiger charge is 2.33. The Morgan fingerprint density at radius 3 is 2.74 bits per heavy atom. The number of benzene rings is 1. The molecule has 0 aliphatic carbocycles. The van der Waals surface area contributed by atoms with E-state index in [1.807, 2.05) is 53.6 Å². The van der Waals surface area contributed by atoms with Crippen molar-refractivity contribution >= 4 is 44.4 Å². The maximum absolute atomic E-state index is 8.77. The summed E-state index contributed by atoms with van der Waals surface area (Å²) >= 11 is 3.57. The van der Waals surface area contributed by atoms with Crippen molar-refractivity contribution in [2.24, 2.45) is 5.92 Å². The van der Waals surface area contributed by atoms with Crippen LogP contribution in [-0.2, 0) is 0 Å². The number of nitrogens with one attached hydrogen (secondary N) is 2. The van der Waals surface area contributed by atoms with Crippen LogP contribution in [0.25, 0.3) is 33.4 Å². The number of hydrogen-bond acceptors (Lipinski definition) is 8. The van der Waals surface area contributed by atoms with Gasteiger partial charge in [-0.2, -0.15) is 0 Å². The zero-order valence-electron chi connectivity index (χ0n) is 21.2. The van der Waals surface area contributed by atoms with Crippen LogP contribution in [0.15, 0.2) is 59.5 Å². The van der Waals surface area contributed by atoms with E-state index in [2.05, 4.69) is 43.2 Å². The van der Waals surface area contributed by atoms with E-state index in [9.17, 15) is 0 Å². The van der Waals surface area contributed by atoms with Gasteiger partial charge in [0.25, 0.3) is 0 Å². The third-order valence-corrected chi connectivity index (χ3v) is 8.19. The molecule has 0 radical (unpaired) electrons. The van der Waals surface area contributed by atoms with Crippen LogP contribution >= 0.6 is 15.9 Å². The molecule has 4 N–H and O–H groups in total. The molecule has 2 aliphatic heterocycles. The summed E-state index contributed by atoms with van der Waals surface area (Å²) in [5.41, 5.74) is 10.3. The van der Waals surface area contributed by atoms with Gasteiger partial charge in [-0.15, -0.1) is 0 Å². The summed E-state index contributed by atoms with van der Waals surface area (Å²) in [6.45, 7) is 3.90. The van der Waals surface area contributed by atoms with Crippen molar-refractivity contribution in [1.29, 1.82) is 5.41 Å². The number of anilines is 2. The minimum Gasteiger partial charge on any atom is -0.383 e. The van der Waals surface area contributed by atoms with E-state index < -0.39 is 0 Å². The average molecular weight is 573 g/mol. The Hall–Kier alpha value is -3.47. The molecule has 9 nitrogen and oxygen atoms in total. The van der Waals surface area contributed by atoms with Gasteiger partial charge in [-0.3, -0.25) is 5.41 Å². The maximum atomic E-state index is 8.77. The molecule has 6 rings (SSSR count). The molecular weight excluding hydrogens is 542 g/mol. The number of hydrogen-bond donors (Lipinski definition) is 3. The molecule has 0 spiro atoms. The minimum atomic E-state index is 0.398. The van der Waals surface area contributed by atoms with E-state index in [-0.39, 0.29) is 0 Å². The standard InChI is InChI=1S/C28H30BrN9/c1-37-10-8-32-15-23(37)18-7-9-38(24(30)12-18)25-6-5-19(14-33-25)22-13-21(17-3-2-4-20(29)11-17)26-27(31)34-16-35-28(26)36-22/h2-6,11,13-14,16,18,23,30,32H,7-10,12,15H2,1H3,(H2,31,34,35,36). The summed E-state index contributed by atoms with van der Waals surface area (Å²) in [6.07, 6.45) is 5.09. The number of pyridine rings is 2. The first-order valence-electron chi connectivity index (χ1n) is 12.9. The number of nitrogens with two attached hydrogens (primary N) is 1. The van der Waals surface area contributed by atoms with E-state index in [1.165, 1.54) is 6.33 Å². The predicted molar refractivity (Wildman–Crippen MR) is 155 cm³/mol. The van der Waals surface area contributed by atoms with Gasteiger partial charge in [0.15, 0.2) is 5.65 Å². The van der Waals surface area contributed by atoms with Crippen molar-refractivity contribution in [1.82, 2.24) is 30.2 Å². The fourth-order valence-corrected chi connectivity index (χ4v) is 6.04. The number of fused-ring (bicyclic) bond motifs is 1. The van der Waals surface area contributed by atoms with Gasteiger partial charge in [0, 0.05) is 54.9 Å². The number of likely N-dealkylation sites (N-methyl/N-ethyl adjacent to an activating group) is 1. The predicted octanol–water partition coefficient (Wildman–Crippen LogP) is 4.20. The Kier molecular flexibility index (Phi) is 6.77. The van der Waals surface area contributed by atoms with Crippen LogP contribution in [0, 0.1) is 11.3 Å². The highest BCUT2D eigenvalue weighted by molar-refractivity contribution is 9.10. The summed E-state index contributed by atoms with van der Waals surface area (Å²) in [6, 6.07) is 14.6. The molecule has 38 heavy (non-hydrogen) atoms. The van der Waals surface area contributed by atoms with E-state index in [1.54, 1.807) is 0 Å². The number of piperazine rings is 1. The van der Waals surface area contributed by atoms with E-state index in [0.29, 0.717) is 29.3 Å². The number of nitrogens with zero attached hydrogens (tertiary/aromatic N) is 6. The maximum Gasteiger partial charge on any atom is 0.165 e. The van der Waals surface area contributed by atoms with Crippen molar-refractivity contribution in [3.63, 3.8) is 0 Å². The van der Waals surface area contributed by atoms with Crippen LogP contribution in [-0.4, -0.2) is 69.9 Å². The quantitative estimate of drug-likeness (QED) is 0.333. The minimum absolute atomic E-state index is 0.398. The Labute approximate surface area is 230 Å². The zero-order chi connectivity index (χ0) is 26.2. The van der Waals surface area contributed by atoms with Crippen LogP contribution in [0.5, 0.6) is 0 Å². The second-order valence-corrected chi connectivity index (χ2v) is 10.9. The molecule has 0 amide bonds. The molecule has 194 valence electrons. The highest BCUT2D eigenvalue weighted by atomic mass is 79.9. The van der Waals surface area contributed by atoms with E-state index in [0.717, 1.165) is 77.1 Å². The number of nitrogen functional groups attached to an aromatic ring is 1. The highest BCUT2D eigenvalue weighted by Crippen LogP contribution is 2.35. The first-order chi connectivity index (χ1) is 18.5. The molecule has 2 atom stereocenters. The third-order valence-electron chi connectivity index (χ3n) is 7.70. The van der Waals surface area contributed by atoms with E-state index >= 15 is 0 Å². The summed E-state index contributed by atoms with van der Waals surface area (Å²) < 4.78 is 0.973. The van der Waals surface area contributed by atoms with Crippen LogP contribution in [0.2, 0.25) is 0 Å². The van der Waals surface area contributed by atoms with Crippen molar-refractivity contribution in [3.8, 4) is 22.4 Å². The number of amidine groups is 1. The number of halogens is 1. The van der Waals surface area contributed by atoms with Crippen molar-refractivity contribution in [2.75, 3.05) is 43.9 Å². The van der Waals surface area contributed by atoms with Gasteiger partial charge in [0.1, 0.15) is 23.8 Å². The largest absolute Gasteiger partial charge is 0.383 e. The van der Waals surface area contributed by atoms with Crippen LogP contribution in [0.1, 0.15) is 12.8 Å². The summed E-state index contributed by atoms with van der Waals surface area (Å²) in [4.78, 5) is 22.6. The Morgan fingerprint density at radius 2 is 1.97 bits per heavy atom. The lowest BCUT2D eigenvalue weighted by molar-refractivity contribution is 0.137. The van der Waals surface area contributed by atoms with Crippen molar-refractivity contribution < 1.29 is 0 Å². The second-order valence-electron chi connectivity index (χ2n) is 10.0. The fourth-order valence-electron chi connectivity index (χ4n) is 5.64. The lowest BCUT2D eigenvalue weighted by Crippen LogP contribution is -2.55. The molecule has 10 heteroatoms. The van der Waals surface area contributed by atoms with Crippen LogP contribution in [0.3, 0.4) is 0 Å². The second kappa shape index (κ2) is 10.4. The smallest absolute Gasteiger partial charge is 0.165 e. The SMILES string of the molecule is CN1CCNCC1C1CCN(c2ccc(-c3cc(-c4cccc(Br)c4)c4c(N)ncnc4n3)cn2)C(=N)C1. The summed E-state index contributed by atoms with van der Waals surface area (Å²) in [5.74, 6) is 2.32. The lowest BCUT2D eigenvalue weighted by atomic mass is 9.87. The molecular formula is C28H30BrN9. The number of rotatable bonds is 4. The van der Waals surface area contributed by atoms with Crippen LogP contribution < -0.4 is 16.0 Å². The Morgan fingerprint density at radius 1 is 1.08 bits per heavy atom. The third kappa shape index (κ3) is 4.75. The van der Waals surface area contributed by atoms with Gasteiger partial charge in [-0.05, 0) is 60.8 Å². The number of piperidine rings is 1. The summed E-state index contributed by atoms with van der Waals surface area (Å²) in [5, 5.41) is 13.0. The van der Waals surface area contributed by atoms with Crippen molar-refractivity contribution in [3.05, 3.63) is 59.5 Å². The molecule has 0 bridgehead atoms. The molecule has 2 aliphatic rings. The van der Waals surface area contributed by atoms with Gasteiger partial charge in [-0.1, -0.05) is 28.1 Å². The fraction of sp³-hybridized carbons (Fsp3) is 0.321. The van der Waals surface area contributed by atoms with Gasteiger partial charge in [-0.25, -0.2) is 19.9 Å². The topological polar surface area (TPSA) is 120 Å². The lowest BCUT2D eigenvalue weighted by Gasteiger charge is -2.42. The zero-order valence-corrected chi connectivity index (χ0v) is 22.8. The summed E-state index contributed by atoms with van der Waals surface area (Å²) in [7, 11) is 2.20. The normalized spacial score (nSPS) is 20.7. The first kappa shape index (κ1) is 24.8. The molecule has 2 fully saturated rings. The van der Waals surface area contributed by atoms with Gasteiger partial charge in [0.05, 0.1) is 11.1 Å².